The lowest BCUT2D eigenvalue weighted by Gasteiger charge is -2.11. The average molecular weight is 332 g/mol. The zero-order chi connectivity index (χ0) is 14.3. The summed E-state index contributed by atoms with van der Waals surface area (Å²) in [6.45, 7) is 0.897. The number of halogens is 1. The molecule has 0 atom stereocenters. The van der Waals surface area contributed by atoms with Crippen LogP contribution in [0.25, 0.3) is 0 Å². The van der Waals surface area contributed by atoms with E-state index in [0.717, 1.165) is 5.56 Å². The molecule has 0 saturated heterocycles. The number of hydrogen-bond acceptors (Lipinski definition) is 4. The van der Waals surface area contributed by atoms with Crippen LogP contribution >= 0.6 is 15.9 Å². The Kier molecular flexibility index (Phi) is 6.66. The van der Waals surface area contributed by atoms with Crippen molar-refractivity contribution >= 4 is 21.8 Å². The van der Waals surface area contributed by atoms with Gasteiger partial charge in [-0.25, -0.2) is 0 Å². The van der Waals surface area contributed by atoms with Gasteiger partial charge in [-0.2, -0.15) is 0 Å². The minimum Gasteiger partial charge on any atom is -0.507 e. The fourth-order valence-electron chi connectivity index (χ4n) is 1.59. The Balaban J connectivity index is 2.53. The van der Waals surface area contributed by atoms with Crippen molar-refractivity contribution in [3.05, 3.63) is 22.2 Å². The van der Waals surface area contributed by atoms with Gasteiger partial charge in [0, 0.05) is 20.1 Å². The van der Waals surface area contributed by atoms with Gasteiger partial charge in [0.1, 0.15) is 11.5 Å². The smallest absolute Gasteiger partial charge is 0.222 e. The molecule has 0 saturated carbocycles. The summed E-state index contributed by atoms with van der Waals surface area (Å²) in [7, 11) is 3.13. The van der Waals surface area contributed by atoms with Crippen LogP contribution in [0, 0.1) is 0 Å². The molecule has 0 bridgehead atoms. The summed E-state index contributed by atoms with van der Waals surface area (Å²) in [5.41, 5.74) is 0.843. The molecular weight excluding hydrogens is 314 g/mol. The number of benzene rings is 1. The summed E-state index contributed by atoms with van der Waals surface area (Å²) >= 11 is 3.23. The minimum atomic E-state index is -0.0536. The van der Waals surface area contributed by atoms with Crippen molar-refractivity contribution in [3.63, 3.8) is 0 Å². The molecule has 0 fully saturated rings. The summed E-state index contributed by atoms with van der Waals surface area (Å²) < 4.78 is 10.6. The highest BCUT2D eigenvalue weighted by Gasteiger charge is 2.09. The number of methoxy groups -OCH3 is 2. The van der Waals surface area contributed by atoms with Crippen LogP contribution in [0.15, 0.2) is 16.6 Å². The minimum absolute atomic E-state index is 0.0536. The third-order valence-corrected chi connectivity index (χ3v) is 3.23. The second kappa shape index (κ2) is 8.01. The first-order valence-electron chi connectivity index (χ1n) is 5.89. The molecule has 0 aliphatic rings. The van der Waals surface area contributed by atoms with Crippen LogP contribution in [0.2, 0.25) is 0 Å². The van der Waals surface area contributed by atoms with E-state index in [1.807, 2.05) is 0 Å². The Morgan fingerprint density at radius 1 is 1.42 bits per heavy atom. The molecule has 5 nitrogen and oxygen atoms in total. The number of ether oxygens (including phenoxy) is 2. The van der Waals surface area contributed by atoms with Crippen LogP contribution < -0.4 is 10.1 Å². The predicted molar refractivity (Wildman–Crippen MR) is 75.6 cm³/mol. The first-order chi connectivity index (χ1) is 9.08. The van der Waals surface area contributed by atoms with Crippen molar-refractivity contribution in [1.82, 2.24) is 5.32 Å². The van der Waals surface area contributed by atoms with Crippen LogP contribution in [-0.4, -0.2) is 38.4 Å². The van der Waals surface area contributed by atoms with Gasteiger partial charge >= 0.3 is 0 Å². The molecule has 106 valence electrons. The van der Waals surface area contributed by atoms with Gasteiger partial charge in [-0.05, 0) is 40.0 Å². The summed E-state index contributed by atoms with van der Waals surface area (Å²) in [6, 6.07) is 3.33. The molecule has 19 heavy (non-hydrogen) atoms. The number of carbonyl (C=O) groups is 1. The Morgan fingerprint density at radius 2 is 2.16 bits per heavy atom. The van der Waals surface area contributed by atoms with Crippen molar-refractivity contribution in [2.45, 2.75) is 12.8 Å². The number of phenols is 1. The molecule has 0 aliphatic heterocycles. The molecule has 0 spiro atoms. The molecule has 1 amide bonds. The zero-order valence-corrected chi connectivity index (χ0v) is 12.6. The molecule has 1 aromatic carbocycles. The van der Waals surface area contributed by atoms with Crippen LogP contribution in [0.4, 0.5) is 0 Å². The highest BCUT2D eigenvalue weighted by atomic mass is 79.9. The van der Waals surface area contributed by atoms with Gasteiger partial charge in [0.25, 0.3) is 0 Å². The molecule has 0 radical (unpaired) electrons. The van der Waals surface area contributed by atoms with E-state index in [9.17, 15) is 9.90 Å². The van der Waals surface area contributed by atoms with Gasteiger partial charge < -0.3 is 19.9 Å². The van der Waals surface area contributed by atoms with E-state index in [4.69, 9.17) is 9.47 Å². The van der Waals surface area contributed by atoms with Gasteiger partial charge in [-0.15, -0.1) is 0 Å². The van der Waals surface area contributed by atoms with Gasteiger partial charge in [0.2, 0.25) is 5.91 Å². The Labute approximate surface area is 121 Å². The third-order valence-electron chi connectivity index (χ3n) is 2.60. The van der Waals surface area contributed by atoms with E-state index in [-0.39, 0.29) is 11.7 Å². The normalized spacial score (nSPS) is 10.3. The molecule has 2 N–H and O–H groups in total. The van der Waals surface area contributed by atoms with Crippen molar-refractivity contribution in [1.29, 1.82) is 0 Å². The number of aromatic hydroxyl groups is 1. The topological polar surface area (TPSA) is 67.8 Å². The van der Waals surface area contributed by atoms with E-state index in [2.05, 4.69) is 21.2 Å². The lowest BCUT2D eigenvalue weighted by atomic mass is 10.1. The fraction of sp³-hybridized carbons (Fsp3) is 0.462. The van der Waals surface area contributed by atoms with Crippen LogP contribution in [0.1, 0.15) is 12.0 Å². The second-order valence-corrected chi connectivity index (χ2v) is 4.81. The Bertz CT molecular complexity index is 437. The van der Waals surface area contributed by atoms with E-state index >= 15 is 0 Å². The zero-order valence-electron chi connectivity index (χ0n) is 11.0. The lowest BCUT2D eigenvalue weighted by Crippen LogP contribution is -2.26. The number of hydrogen-bond donors (Lipinski definition) is 2. The van der Waals surface area contributed by atoms with Crippen molar-refractivity contribution in [3.8, 4) is 11.5 Å². The van der Waals surface area contributed by atoms with Crippen molar-refractivity contribution < 1.29 is 19.4 Å². The average Bonchev–Trinajstić information content (AvgIpc) is 2.40. The maximum Gasteiger partial charge on any atom is 0.222 e. The van der Waals surface area contributed by atoms with E-state index < -0.39 is 0 Å². The van der Waals surface area contributed by atoms with E-state index in [0.29, 0.717) is 36.2 Å². The predicted octanol–water partition coefficient (Wildman–Crippen LogP) is 1.86. The van der Waals surface area contributed by atoms with Gasteiger partial charge in [0.15, 0.2) is 0 Å². The third kappa shape index (κ3) is 5.08. The fourth-order valence-corrected chi connectivity index (χ4v) is 1.91. The first-order valence-corrected chi connectivity index (χ1v) is 6.68. The molecule has 6 heteroatoms. The highest BCUT2D eigenvalue weighted by Crippen LogP contribution is 2.31. The quantitative estimate of drug-likeness (QED) is 0.800. The number of phenolic OH excluding ortho intramolecular Hbond substituents is 1. The number of nitrogens with one attached hydrogen (secondary N) is 1. The number of rotatable bonds is 7. The molecule has 0 unspecified atom stereocenters. The molecule has 0 heterocycles. The van der Waals surface area contributed by atoms with Crippen LogP contribution in [0.3, 0.4) is 0 Å². The Hall–Kier alpha value is -1.27. The van der Waals surface area contributed by atoms with E-state index in [1.165, 1.54) is 0 Å². The Morgan fingerprint density at radius 3 is 2.79 bits per heavy atom. The SMILES string of the molecule is COCCC(=O)NCCc1cc(O)c(Br)cc1OC. The van der Waals surface area contributed by atoms with Gasteiger partial charge in [-0.3, -0.25) is 4.79 Å². The van der Waals surface area contributed by atoms with Crippen LogP contribution in [-0.2, 0) is 16.0 Å². The molecule has 1 aromatic rings. The highest BCUT2D eigenvalue weighted by molar-refractivity contribution is 9.10. The number of carbonyl (C=O) groups excluding carboxylic acids is 1. The summed E-state index contributed by atoms with van der Waals surface area (Å²) in [5.74, 6) is 0.777. The molecule has 1 rings (SSSR count). The van der Waals surface area contributed by atoms with Crippen molar-refractivity contribution in [2.75, 3.05) is 27.4 Å². The molecular formula is C13H18BrNO4. The maximum atomic E-state index is 11.4. The second-order valence-electron chi connectivity index (χ2n) is 3.96. The van der Waals surface area contributed by atoms with Gasteiger partial charge in [0.05, 0.1) is 18.2 Å². The summed E-state index contributed by atoms with van der Waals surface area (Å²) in [4.78, 5) is 11.4. The van der Waals surface area contributed by atoms with Crippen molar-refractivity contribution in [2.24, 2.45) is 0 Å². The largest absolute Gasteiger partial charge is 0.507 e. The monoisotopic (exact) mass is 331 g/mol. The molecule has 0 aromatic heterocycles. The van der Waals surface area contributed by atoms with E-state index in [1.54, 1.807) is 26.4 Å². The first kappa shape index (κ1) is 15.8. The molecule has 0 aliphatic carbocycles. The number of amides is 1. The summed E-state index contributed by atoms with van der Waals surface area (Å²) in [6.07, 6.45) is 0.932. The van der Waals surface area contributed by atoms with Crippen LogP contribution in [0.5, 0.6) is 11.5 Å². The summed E-state index contributed by atoms with van der Waals surface area (Å²) in [5, 5.41) is 12.4. The lowest BCUT2D eigenvalue weighted by molar-refractivity contribution is -0.121. The maximum absolute atomic E-state index is 11.4. The van der Waals surface area contributed by atoms with Gasteiger partial charge in [-0.1, -0.05) is 0 Å². The standard InChI is InChI=1S/C13H18BrNO4/c1-18-6-4-13(17)15-5-3-9-7-11(16)10(14)8-12(9)19-2/h7-8,16H,3-6H2,1-2H3,(H,15,17).